The first-order valence-electron chi connectivity index (χ1n) is 12.0. The highest BCUT2D eigenvalue weighted by Gasteiger charge is 2.35. The maximum atomic E-state index is 13.1. The zero-order valence-electron chi connectivity index (χ0n) is 19.9. The van der Waals surface area contributed by atoms with Gasteiger partial charge in [-0.3, -0.25) is 14.9 Å². The van der Waals surface area contributed by atoms with Crippen molar-refractivity contribution in [3.05, 3.63) is 71.5 Å². The number of rotatable bonds is 8. The Labute approximate surface area is 199 Å². The fraction of sp³-hybridized carbons (Fsp3) is 0.286. The Kier molecular flexibility index (Phi) is 5.84. The molecular weight excluding hydrogens is 424 g/mol. The molecule has 1 aliphatic heterocycles. The summed E-state index contributed by atoms with van der Waals surface area (Å²) in [4.78, 5) is 31.8. The highest BCUT2D eigenvalue weighted by atomic mass is 16.2. The Morgan fingerprint density at radius 2 is 1.59 bits per heavy atom. The van der Waals surface area contributed by atoms with Crippen LogP contribution in [0.1, 0.15) is 37.0 Å². The van der Waals surface area contributed by atoms with Gasteiger partial charge in [0.05, 0.1) is 16.7 Å². The van der Waals surface area contributed by atoms with Crippen LogP contribution in [0.3, 0.4) is 0 Å². The molecule has 2 aromatic heterocycles. The molecule has 3 heterocycles. The number of imide groups is 1. The largest absolute Gasteiger partial charge is 0.361 e. The van der Waals surface area contributed by atoms with E-state index in [-0.39, 0.29) is 11.8 Å². The van der Waals surface area contributed by atoms with Gasteiger partial charge in [-0.25, -0.2) is 0 Å². The second kappa shape index (κ2) is 8.95. The van der Waals surface area contributed by atoms with Crippen LogP contribution in [0.4, 0.5) is 0 Å². The topological polar surface area (TPSA) is 70.1 Å². The third-order valence-electron chi connectivity index (χ3n) is 6.93. The van der Waals surface area contributed by atoms with Crippen LogP contribution in [0.5, 0.6) is 0 Å². The molecule has 2 aromatic carbocycles. The van der Waals surface area contributed by atoms with Crippen molar-refractivity contribution < 1.29 is 9.59 Å². The molecule has 174 valence electrons. The number of amides is 2. The van der Waals surface area contributed by atoms with E-state index in [1.807, 2.05) is 36.5 Å². The molecule has 5 rings (SSSR count). The Bertz CT molecular complexity index is 1440. The summed E-state index contributed by atoms with van der Waals surface area (Å²) in [5, 5.41) is 4.48. The number of para-hydroxylation sites is 2. The second-order valence-electron chi connectivity index (χ2n) is 8.87. The van der Waals surface area contributed by atoms with Crippen molar-refractivity contribution in [2.45, 2.75) is 33.7 Å². The van der Waals surface area contributed by atoms with Crippen molar-refractivity contribution in [1.29, 1.82) is 0 Å². The predicted octanol–water partition coefficient (Wildman–Crippen LogP) is 4.73. The number of aromatic amines is 1. The van der Waals surface area contributed by atoms with Gasteiger partial charge < -0.3 is 14.5 Å². The third kappa shape index (κ3) is 3.64. The molecule has 6 nitrogen and oxygen atoms in total. The van der Waals surface area contributed by atoms with Crippen LogP contribution in [-0.2, 0) is 16.1 Å². The molecule has 2 amide bonds. The van der Waals surface area contributed by atoms with Gasteiger partial charge in [0.1, 0.15) is 0 Å². The molecule has 0 bridgehead atoms. The molecule has 34 heavy (non-hydrogen) atoms. The molecule has 0 radical (unpaired) electrons. The van der Waals surface area contributed by atoms with Crippen molar-refractivity contribution in [1.82, 2.24) is 19.8 Å². The van der Waals surface area contributed by atoms with Gasteiger partial charge in [-0.15, -0.1) is 0 Å². The van der Waals surface area contributed by atoms with Gasteiger partial charge in [0.15, 0.2) is 0 Å². The number of nitrogens with one attached hydrogen (secondary N) is 2. The number of hydrogen-bond donors (Lipinski definition) is 2. The van der Waals surface area contributed by atoms with Crippen molar-refractivity contribution in [3.8, 4) is 0 Å². The first-order valence-corrected chi connectivity index (χ1v) is 12.0. The molecule has 0 saturated heterocycles. The fourth-order valence-electron chi connectivity index (χ4n) is 5.18. The van der Waals surface area contributed by atoms with Gasteiger partial charge in [-0.05, 0) is 44.6 Å². The molecule has 0 unspecified atom stereocenters. The quantitative estimate of drug-likeness (QED) is 0.378. The van der Waals surface area contributed by atoms with Crippen LogP contribution in [-0.4, -0.2) is 45.9 Å². The predicted molar refractivity (Wildman–Crippen MR) is 137 cm³/mol. The maximum Gasteiger partial charge on any atom is 0.259 e. The van der Waals surface area contributed by atoms with Gasteiger partial charge >= 0.3 is 0 Å². The first kappa shape index (κ1) is 22.2. The average molecular weight is 455 g/mol. The number of fused-ring (bicyclic) bond motifs is 2. The van der Waals surface area contributed by atoms with Crippen molar-refractivity contribution >= 4 is 44.8 Å². The van der Waals surface area contributed by atoms with Crippen LogP contribution < -0.4 is 5.32 Å². The number of hydrogen-bond acceptors (Lipinski definition) is 3. The van der Waals surface area contributed by atoms with E-state index in [1.54, 1.807) is 0 Å². The monoisotopic (exact) mass is 454 g/mol. The minimum Gasteiger partial charge on any atom is -0.361 e. The van der Waals surface area contributed by atoms with Crippen LogP contribution in [0.2, 0.25) is 0 Å². The Balaban J connectivity index is 1.66. The fourth-order valence-corrected chi connectivity index (χ4v) is 5.18. The standard InChI is InChI=1S/C28H30N4O2/c1-4-31(5-2)14-9-15-32-17-22(20-12-8-10-18(3)26(20)32)25-24(27(33)30-28(25)34)21-16-29-23-13-7-6-11-19(21)23/h6-8,10-13,16-17,29H,4-5,9,14-15H2,1-3H3,(H,30,33,34). The number of nitrogens with zero attached hydrogens (tertiary/aromatic N) is 2. The Morgan fingerprint density at radius 3 is 2.35 bits per heavy atom. The number of H-pyrrole nitrogens is 1. The van der Waals surface area contributed by atoms with Crippen molar-refractivity contribution in [2.75, 3.05) is 19.6 Å². The van der Waals surface area contributed by atoms with E-state index < -0.39 is 0 Å². The SMILES string of the molecule is CCN(CC)CCCn1cc(C2=C(c3c[nH]c4ccccc34)C(=O)NC2=O)c2cccc(C)c21. The number of benzene rings is 2. The highest BCUT2D eigenvalue weighted by Crippen LogP contribution is 2.38. The molecule has 0 spiro atoms. The summed E-state index contributed by atoms with van der Waals surface area (Å²) in [5.74, 6) is -0.686. The van der Waals surface area contributed by atoms with E-state index in [4.69, 9.17) is 0 Å². The van der Waals surface area contributed by atoms with E-state index in [1.165, 1.54) is 0 Å². The summed E-state index contributed by atoms with van der Waals surface area (Å²) in [6.07, 6.45) is 4.90. The lowest BCUT2D eigenvalue weighted by atomic mass is 9.95. The lowest BCUT2D eigenvalue weighted by molar-refractivity contribution is -0.122. The van der Waals surface area contributed by atoms with Gasteiger partial charge in [0, 0.05) is 46.4 Å². The lowest BCUT2D eigenvalue weighted by Crippen LogP contribution is -2.24. The molecular formula is C28H30N4O2. The van der Waals surface area contributed by atoms with Gasteiger partial charge in [0.2, 0.25) is 0 Å². The van der Waals surface area contributed by atoms with E-state index in [2.05, 4.69) is 58.9 Å². The number of aromatic nitrogens is 2. The second-order valence-corrected chi connectivity index (χ2v) is 8.87. The van der Waals surface area contributed by atoms with E-state index in [0.29, 0.717) is 11.1 Å². The Morgan fingerprint density at radius 1 is 0.882 bits per heavy atom. The van der Waals surface area contributed by atoms with Crippen molar-refractivity contribution in [3.63, 3.8) is 0 Å². The molecule has 1 aliphatic rings. The third-order valence-corrected chi connectivity index (χ3v) is 6.93. The van der Waals surface area contributed by atoms with Crippen LogP contribution in [0.15, 0.2) is 54.9 Å². The highest BCUT2D eigenvalue weighted by molar-refractivity contribution is 6.50. The molecule has 2 N–H and O–H groups in total. The van der Waals surface area contributed by atoms with Gasteiger partial charge in [-0.1, -0.05) is 50.2 Å². The molecule has 4 aromatic rings. The molecule has 6 heteroatoms. The summed E-state index contributed by atoms with van der Waals surface area (Å²) in [7, 11) is 0. The zero-order chi connectivity index (χ0) is 23.8. The average Bonchev–Trinajstić information content (AvgIpc) is 3.50. The summed E-state index contributed by atoms with van der Waals surface area (Å²) in [6, 6.07) is 14.0. The molecule has 0 atom stereocenters. The van der Waals surface area contributed by atoms with Crippen LogP contribution in [0, 0.1) is 6.92 Å². The van der Waals surface area contributed by atoms with Gasteiger partial charge in [-0.2, -0.15) is 0 Å². The summed E-state index contributed by atoms with van der Waals surface area (Å²) in [6.45, 7) is 10.4. The zero-order valence-corrected chi connectivity index (χ0v) is 19.9. The molecule has 0 aliphatic carbocycles. The Hall–Kier alpha value is -3.64. The van der Waals surface area contributed by atoms with E-state index in [0.717, 1.165) is 71.1 Å². The first-order chi connectivity index (χ1) is 16.5. The van der Waals surface area contributed by atoms with E-state index in [9.17, 15) is 9.59 Å². The lowest BCUT2D eigenvalue weighted by Gasteiger charge is -2.18. The van der Waals surface area contributed by atoms with Gasteiger partial charge in [0.25, 0.3) is 11.8 Å². The van der Waals surface area contributed by atoms with Crippen LogP contribution in [0.25, 0.3) is 33.0 Å². The van der Waals surface area contributed by atoms with Crippen LogP contribution >= 0.6 is 0 Å². The summed E-state index contributed by atoms with van der Waals surface area (Å²) in [5.41, 5.74) is 5.67. The number of carbonyl (C=O) groups is 2. The minimum absolute atomic E-state index is 0.339. The van der Waals surface area contributed by atoms with Crippen molar-refractivity contribution in [2.24, 2.45) is 0 Å². The summed E-state index contributed by atoms with van der Waals surface area (Å²) >= 11 is 0. The number of aryl methyl sites for hydroxylation is 2. The number of carbonyl (C=O) groups excluding carboxylic acids is 2. The molecule has 0 saturated carbocycles. The summed E-state index contributed by atoms with van der Waals surface area (Å²) < 4.78 is 2.25. The smallest absolute Gasteiger partial charge is 0.259 e. The van der Waals surface area contributed by atoms with E-state index >= 15 is 0 Å². The minimum atomic E-state index is -0.347. The molecule has 0 fully saturated rings. The normalized spacial score (nSPS) is 14.2. The maximum absolute atomic E-state index is 13.1.